The summed E-state index contributed by atoms with van der Waals surface area (Å²) in [4.78, 5) is 28.7. The van der Waals surface area contributed by atoms with Gasteiger partial charge in [-0.15, -0.1) is 0 Å². The molecule has 0 aliphatic carbocycles. The fourth-order valence-corrected chi connectivity index (χ4v) is 1.59. The molecule has 0 spiro atoms. The molecule has 98 valence electrons. The van der Waals surface area contributed by atoms with E-state index in [0.29, 0.717) is 16.6 Å². The summed E-state index contributed by atoms with van der Waals surface area (Å²) in [6.07, 6.45) is 1.45. The third-order valence-electron chi connectivity index (χ3n) is 2.42. The van der Waals surface area contributed by atoms with E-state index in [1.807, 2.05) is 6.92 Å². The standard InChI is InChI=1S/C11H15BrN4O2/c1-3-16(2)10(17)6-15-11(18)7-4-9(13)14-5-8(7)12/h4-5H,3,6H2,1-2H3,(H2,13,14)(H,15,18). The summed E-state index contributed by atoms with van der Waals surface area (Å²) < 4.78 is 0.533. The number of hydrogen-bond acceptors (Lipinski definition) is 4. The first-order valence-electron chi connectivity index (χ1n) is 5.38. The number of amides is 2. The van der Waals surface area contributed by atoms with Gasteiger partial charge >= 0.3 is 0 Å². The highest BCUT2D eigenvalue weighted by Crippen LogP contribution is 2.16. The molecule has 1 aromatic heterocycles. The number of rotatable bonds is 4. The molecule has 1 heterocycles. The lowest BCUT2D eigenvalue weighted by Gasteiger charge is -2.14. The highest BCUT2D eigenvalue weighted by Gasteiger charge is 2.13. The van der Waals surface area contributed by atoms with Crippen molar-refractivity contribution in [2.45, 2.75) is 6.92 Å². The Morgan fingerprint density at radius 3 is 2.83 bits per heavy atom. The molecule has 18 heavy (non-hydrogen) atoms. The van der Waals surface area contributed by atoms with Crippen LogP contribution in [0.1, 0.15) is 17.3 Å². The van der Waals surface area contributed by atoms with Crippen LogP contribution in [-0.4, -0.2) is 41.8 Å². The minimum Gasteiger partial charge on any atom is -0.384 e. The number of pyridine rings is 1. The third-order valence-corrected chi connectivity index (χ3v) is 3.05. The van der Waals surface area contributed by atoms with Crippen LogP contribution in [-0.2, 0) is 4.79 Å². The summed E-state index contributed by atoms with van der Waals surface area (Å²) >= 11 is 3.21. The van der Waals surface area contributed by atoms with Gasteiger partial charge in [-0.1, -0.05) is 0 Å². The van der Waals surface area contributed by atoms with E-state index in [1.165, 1.54) is 17.2 Å². The fourth-order valence-electron chi connectivity index (χ4n) is 1.19. The van der Waals surface area contributed by atoms with Gasteiger partial charge in [-0.3, -0.25) is 9.59 Å². The summed E-state index contributed by atoms with van der Waals surface area (Å²) in [5.41, 5.74) is 5.86. The monoisotopic (exact) mass is 314 g/mol. The maximum Gasteiger partial charge on any atom is 0.253 e. The van der Waals surface area contributed by atoms with Gasteiger partial charge in [0.1, 0.15) is 5.82 Å². The first kappa shape index (κ1) is 14.4. The Morgan fingerprint density at radius 1 is 1.56 bits per heavy atom. The van der Waals surface area contributed by atoms with E-state index in [-0.39, 0.29) is 24.2 Å². The summed E-state index contributed by atoms with van der Waals surface area (Å²) in [5.74, 6) is -0.266. The van der Waals surface area contributed by atoms with Crippen molar-refractivity contribution in [3.8, 4) is 0 Å². The molecule has 1 aromatic rings. The number of nitrogen functional groups attached to an aromatic ring is 1. The molecule has 0 saturated heterocycles. The van der Waals surface area contributed by atoms with E-state index < -0.39 is 0 Å². The predicted octanol–water partition coefficient (Wildman–Crippen LogP) is 0.634. The number of nitrogens with two attached hydrogens (primary N) is 1. The van der Waals surface area contributed by atoms with E-state index in [0.717, 1.165) is 0 Å². The average Bonchev–Trinajstić information content (AvgIpc) is 2.37. The van der Waals surface area contributed by atoms with Gasteiger partial charge in [0.15, 0.2) is 0 Å². The Balaban J connectivity index is 2.66. The second-order valence-corrected chi connectivity index (χ2v) is 4.53. The van der Waals surface area contributed by atoms with E-state index in [2.05, 4.69) is 26.2 Å². The topological polar surface area (TPSA) is 88.3 Å². The Morgan fingerprint density at radius 2 is 2.22 bits per heavy atom. The Labute approximate surface area is 114 Å². The molecule has 6 nitrogen and oxygen atoms in total. The number of aromatic nitrogens is 1. The Hall–Kier alpha value is -1.63. The minimum absolute atomic E-state index is 0.0438. The van der Waals surface area contributed by atoms with Crippen LogP contribution in [0.4, 0.5) is 5.82 Å². The highest BCUT2D eigenvalue weighted by molar-refractivity contribution is 9.10. The molecule has 7 heteroatoms. The summed E-state index contributed by atoms with van der Waals surface area (Å²) in [6.45, 7) is 2.41. The summed E-state index contributed by atoms with van der Waals surface area (Å²) in [5, 5.41) is 2.54. The number of anilines is 1. The number of nitrogens with zero attached hydrogens (tertiary/aromatic N) is 2. The quantitative estimate of drug-likeness (QED) is 0.853. The molecule has 0 aliphatic heterocycles. The fraction of sp³-hybridized carbons (Fsp3) is 0.364. The van der Waals surface area contributed by atoms with Crippen molar-refractivity contribution in [3.05, 3.63) is 22.3 Å². The number of halogens is 1. The van der Waals surface area contributed by atoms with E-state index in [1.54, 1.807) is 7.05 Å². The van der Waals surface area contributed by atoms with Crippen molar-refractivity contribution < 1.29 is 9.59 Å². The molecule has 1 rings (SSSR count). The second kappa shape index (κ2) is 6.34. The lowest BCUT2D eigenvalue weighted by Crippen LogP contribution is -2.38. The van der Waals surface area contributed by atoms with Crippen LogP contribution in [0.5, 0.6) is 0 Å². The normalized spacial score (nSPS) is 9.94. The number of carbonyl (C=O) groups is 2. The zero-order valence-electron chi connectivity index (χ0n) is 10.2. The molecule has 2 amide bonds. The van der Waals surface area contributed by atoms with Crippen LogP contribution in [0.2, 0.25) is 0 Å². The Bertz CT molecular complexity index is 464. The van der Waals surface area contributed by atoms with Crippen molar-refractivity contribution in [1.82, 2.24) is 15.2 Å². The van der Waals surface area contributed by atoms with E-state index >= 15 is 0 Å². The molecule has 0 unspecified atom stereocenters. The number of carbonyl (C=O) groups excluding carboxylic acids is 2. The third kappa shape index (κ3) is 3.69. The number of hydrogen-bond donors (Lipinski definition) is 2. The van der Waals surface area contributed by atoms with Crippen LogP contribution in [0.3, 0.4) is 0 Å². The van der Waals surface area contributed by atoms with Gasteiger partial charge in [0.05, 0.1) is 12.1 Å². The largest absolute Gasteiger partial charge is 0.384 e. The minimum atomic E-state index is -0.367. The van der Waals surface area contributed by atoms with Crippen molar-refractivity contribution in [3.63, 3.8) is 0 Å². The van der Waals surface area contributed by atoms with Gasteiger partial charge in [0, 0.05) is 24.3 Å². The van der Waals surface area contributed by atoms with E-state index in [4.69, 9.17) is 5.73 Å². The van der Waals surface area contributed by atoms with Gasteiger partial charge < -0.3 is 16.0 Å². The van der Waals surface area contributed by atoms with Gasteiger partial charge in [-0.2, -0.15) is 0 Å². The molecular formula is C11H15BrN4O2. The van der Waals surface area contributed by atoms with E-state index in [9.17, 15) is 9.59 Å². The van der Waals surface area contributed by atoms with Gasteiger partial charge in [0.25, 0.3) is 5.91 Å². The van der Waals surface area contributed by atoms with Crippen molar-refractivity contribution >= 4 is 33.6 Å². The molecule has 0 saturated carbocycles. The maximum absolute atomic E-state index is 11.8. The lowest BCUT2D eigenvalue weighted by molar-refractivity contribution is -0.128. The van der Waals surface area contributed by atoms with Crippen LogP contribution >= 0.6 is 15.9 Å². The molecule has 0 atom stereocenters. The smallest absolute Gasteiger partial charge is 0.253 e. The lowest BCUT2D eigenvalue weighted by atomic mass is 10.2. The second-order valence-electron chi connectivity index (χ2n) is 3.68. The number of likely N-dealkylation sites (N-methyl/N-ethyl adjacent to an activating group) is 1. The van der Waals surface area contributed by atoms with Crippen LogP contribution in [0, 0.1) is 0 Å². The molecule has 0 radical (unpaired) electrons. The van der Waals surface area contributed by atoms with Crippen molar-refractivity contribution in [1.29, 1.82) is 0 Å². The highest BCUT2D eigenvalue weighted by atomic mass is 79.9. The number of nitrogens with one attached hydrogen (secondary N) is 1. The molecule has 0 aliphatic rings. The van der Waals surface area contributed by atoms with Crippen LogP contribution in [0.15, 0.2) is 16.7 Å². The predicted molar refractivity (Wildman–Crippen MR) is 72.0 cm³/mol. The van der Waals surface area contributed by atoms with Gasteiger partial charge in [-0.05, 0) is 28.9 Å². The SMILES string of the molecule is CCN(C)C(=O)CNC(=O)c1cc(N)ncc1Br. The molecular weight excluding hydrogens is 300 g/mol. The van der Waals surface area contributed by atoms with Crippen molar-refractivity contribution in [2.75, 3.05) is 25.9 Å². The average molecular weight is 315 g/mol. The first-order chi connectivity index (χ1) is 8.45. The van der Waals surface area contributed by atoms with Crippen molar-refractivity contribution in [2.24, 2.45) is 0 Å². The summed E-state index contributed by atoms with van der Waals surface area (Å²) in [7, 11) is 1.68. The molecule has 3 N–H and O–H groups in total. The maximum atomic E-state index is 11.8. The van der Waals surface area contributed by atoms with Gasteiger partial charge in [0.2, 0.25) is 5.91 Å². The van der Waals surface area contributed by atoms with Crippen LogP contribution in [0.25, 0.3) is 0 Å². The zero-order chi connectivity index (χ0) is 13.7. The zero-order valence-corrected chi connectivity index (χ0v) is 11.8. The summed E-state index contributed by atoms with van der Waals surface area (Å²) in [6, 6.07) is 1.45. The molecule has 0 bridgehead atoms. The molecule has 0 fully saturated rings. The van der Waals surface area contributed by atoms with Crippen LogP contribution < -0.4 is 11.1 Å². The first-order valence-corrected chi connectivity index (χ1v) is 6.18. The Kier molecular flexibility index (Phi) is 5.08. The van der Waals surface area contributed by atoms with Gasteiger partial charge in [-0.25, -0.2) is 4.98 Å². The molecule has 0 aromatic carbocycles.